The number of hydrogen-bond donors (Lipinski definition) is 0. The van der Waals surface area contributed by atoms with Crippen LogP contribution in [0.4, 0.5) is 5.69 Å². The lowest BCUT2D eigenvalue weighted by molar-refractivity contribution is -0.280. The third kappa shape index (κ3) is 8.07. The van der Waals surface area contributed by atoms with E-state index in [0.29, 0.717) is 85.5 Å². The fraction of sp³-hybridized carbons (Fsp3) is 0.583. The van der Waals surface area contributed by atoms with Gasteiger partial charge in [0.1, 0.15) is 12.2 Å². The maximum absolute atomic E-state index is 14.7. The topological polar surface area (TPSA) is 113 Å². The Kier molecular flexibility index (Phi) is 11.2. The Hall–Kier alpha value is -3.38. The second kappa shape index (κ2) is 15.0. The first-order valence-electron chi connectivity index (χ1n) is 16.6. The first-order chi connectivity index (χ1) is 22.9. The minimum Gasteiger partial charge on any atom is -0.493 e. The number of hydrogen-bond acceptors (Lipinski definition) is 9. The second-order valence-electron chi connectivity index (χ2n) is 13.5. The van der Waals surface area contributed by atoms with Crippen molar-refractivity contribution in [2.24, 2.45) is 11.3 Å². The number of piperidine rings is 1. The van der Waals surface area contributed by atoms with Crippen LogP contribution in [0.1, 0.15) is 70.6 Å². The Bertz CT molecular complexity index is 1480. The number of amides is 2. The van der Waals surface area contributed by atoms with Crippen LogP contribution >= 0.6 is 11.6 Å². The average Bonchev–Trinajstić information content (AvgIpc) is 3.16. The molecule has 12 heteroatoms. The van der Waals surface area contributed by atoms with Gasteiger partial charge in [-0.1, -0.05) is 30.7 Å². The molecule has 3 aliphatic heterocycles. The van der Waals surface area contributed by atoms with Gasteiger partial charge >= 0.3 is 5.97 Å². The van der Waals surface area contributed by atoms with Crippen molar-refractivity contribution in [2.45, 2.75) is 71.4 Å². The van der Waals surface area contributed by atoms with E-state index in [0.717, 1.165) is 0 Å². The number of para-hydroxylation sites is 1. The van der Waals surface area contributed by atoms with Crippen LogP contribution in [0.15, 0.2) is 36.4 Å². The molecule has 0 spiro atoms. The smallest absolute Gasteiger partial charge is 0.306 e. The van der Waals surface area contributed by atoms with E-state index in [-0.39, 0.29) is 36.7 Å². The Morgan fingerprint density at radius 3 is 2.33 bits per heavy atom. The van der Waals surface area contributed by atoms with Crippen LogP contribution in [0.2, 0.25) is 5.02 Å². The largest absolute Gasteiger partial charge is 0.493 e. The first kappa shape index (κ1) is 35.9. The van der Waals surface area contributed by atoms with Crippen LogP contribution in [0.25, 0.3) is 0 Å². The molecular weight excluding hydrogens is 640 g/mol. The summed E-state index contributed by atoms with van der Waals surface area (Å²) in [5.74, 6) is -0.393. The standard InChI is InChI=1S/C36H47ClN2O9/c1-7-45-31(41)17-23-13-15-38(16-14-23)30(40)19-29-34(42)39(20-36(4)21-46-35(2,3)47-22-36)27-12-11-24(37)18-26(27)32(48-29)25-9-8-10-28(43-5)33(25)44-6/h8-12,18,23,29,32H,7,13-17,19-22H2,1-6H3/t29-,32-/m1/s1. The zero-order chi connectivity index (χ0) is 34.6. The number of anilines is 1. The van der Waals surface area contributed by atoms with E-state index in [1.807, 2.05) is 39.0 Å². The predicted molar refractivity (Wildman–Crippen MR) is 179 cm³/mol. The number of likely N-dealkylation sites (tertiary alicyclic amines) is 1. The van der Waals surface area contributed by atoms with E-state index < -0.39 is 23.4 Å². The maximum atomic E-state index is 14.7. The monoisotopic (exact) mass is 686 g/mol. The molecule has 2 atom stereocenters. The highest BCUT2D eigenvalue weighted by molar-refractivity contribution is 6.30. The van der Waals surface area contributed by atoms with Crippen LogP contribution in [-0.4, -0.2) is 88.2 Å². The molecule has 11 nitrogen and oxygen atoms in total. The predicted octanol–water partition coefficient (Wildman–Crippen LogP) is 5.55. The van der Waals surface area contributed by atoms with E-state index in [4.69, 9.17) is 40.0 Å². The van der Waals surface area contributed by atoms with Crippen molar-refractivity contribution < 1.29 is 42.8 Å². The number of fused-ring (bicyclic) bond motifs is 1. The first-order valence-corrected chi connectivity index (χ1v) is 16.9. The normalized spacial score (nSPS) is 22.4. The number of carbonyl (C=O) groups is 3. The van der Waals surface area contributed by atoms with Crippen molar-refractivity contribution >= 4 is 35.1 Å². The summed E-state index contributed by atoms with van der Waals surface area (Å²) >= 11 is 6.59. The Morgan fingerprint density at radius 2 is 1.69 bits per heavy atom. The molecule has 3 heterocycles. The molecule has 0 bridgehead atoms. The maximum Gasteiger partial charge on any atom is 0.306 e. The molecule has 3 aliphatic rings. The zero-order valence-electron chi connectivity index (χ0n) is 28.7. The lowest BCUT2D eigenvalue weighted by Crippen LogP contribution is -2.53. The molecular formula is C36H47ClN2O9. The van der Waals surface area contributed by atoms with Gasteiger partial charge in [0.15, 0.2) is 17.3 Å². The molecule has 262 valence electrons. The highest BCUT2D eigenvalue weighted by atomic mass is 35.5. The van der Waals surface area contributed by atoms with Crippen LogP contribution in [0.5, 0.6) is 11.5 Å². The average molecular weight is 687 g/mol. The summed E-state index contributed by atoms with van der Waals surface area (Å²) in [6.07, 6.45) is -0.428. The molecule has 0 radical (unpaired) electrons. The van der Waals surface area contributed by atoms with Crippen LogP contribution in [0, 0.1) is 11.3 Å². The number of carbonyl (C=O) groups excluding carboxylic acids is 3. The molecule has 0 N–H and O–H groups in total. The van der Waals surface area contributed by atoms with E-state index in [9.17, 15) is 14.4 Å². The Labute approximate surface area is 287 Å². The van der Waals surface area contributed by atoms with Gasteiger partial charge in [0.05, 0.1) is 40.5 Å². The zero-order valence-corrected chi connectivity index (χ0v) is 29.5. The number of halogens is 1. The van der Waals surface area contributed by atoms with Gasteiger partial charge in [-0.15, -0.1) is 0 Å². The number of rotatable bonds is 10. The van der Waals surface area contributed by atoms with Crippen LogP contribution in [-0.2, 0) is 33.3 Å². The van der Waals surface area contributed by atoms with Gasteiger partial charge in [-0.3, -0.25) is 14.4 Å². The highest BCUT2D eigenvalue weighted by Gasteiger charge is 2.44. The Morgan fingerprint density at radius 1 is 0.979 bits per heavy atom. The van der Waals surface area contributed by atoms with E-state index >= 15 is 0 Å². The molecule has 2 amide bonds. The minimum absolute atomic E-state index is 0.147. The highest BCUT2D eigenvalue weighted by Crippen LogP contribution is 2.46. The van der Waals surface area contributed by atoms with Gasteiger partial charge in [-0.05, 0) is 63.8 Å². The molecule has 2 saturated heterocycles. The summed E-state index contributed by atoms with van der Waals surface area (Å²) < 4.78 is 35.3. The molecule has 2 fully saturated rings. The van der Waals surface area contributed by atoms with Crippen molar-refractivity contribution in [2.75, 3.05) is 58.6 Å². The fourth-order valence-electron chi connectivity index (χ4n) is 6.61. The number of nitrogens with zero attached hydrogens (tertiary/aromatic N) is 2. The molecule has 0 aliphatic carbocycles. The molecule has 2 aromatic carbocycles. The lowest BCUT2D eigenvalue weighted by atomic mass is 9.89. The molecule has 5 rings (SSSR count). The number of ether oxygens (including phenoxy) is 6. The van der Waals surface area contributed by atoms with Gasteiger partial charge in [0.25, 0.3) is 5.91 Å². The second-order valence-corrected chi connectivity index (χ2v) is 14.0. The fourth-order valence-corrected chi connectivity index (χ4v) is 6.79. The Balaban J connectivity index is 1.48. The lowest BCUT2D eigenvalue weighted by Gasteiger charge is -2.43. The summed E-state index contributed by atoms with van der Waals surface area (Å²) in [6.45, 7) is 9.83. The summed E-state index contributed by atoms with van der Waals surface area (Å²) in [5.41, 5.74) is 1.34. The quantitative estimate of drug-likeness (QED) is 0.297. The van der Waals surface area contributed by atoms with Crippen molar-refractivity contribution in [1.29, 1.82) is 0 Å². The summed E-state index contributed by atoms with van der Waals surface area (Å²) in [5, 5.41) is 0.467. The molecule has 2 aromatic rings. The molecule has 0 saturated carbocycles. The summed E-state index contributed by atoms with van der Waals surface area (Å²) in [7, 11) is 3.10. The molecule has 0 aromatic heterocycles. The third-order valence-electron chi connectivity index (χ3n) is 9.28. The van der Waals surface area contributed by atoms with Gasteiger partial charge in [-0.2, -0.15) is 0 Å². The van der Waals surface area contributed by atoms with Crippen LogP contribution < -0.4 is 14.4 Å². The summed E-state index contributed by atoms with van der Waals surface area (Å²) in [4.78, 5) is 44.0. The van der Waals surface area contributed by atoms with Crippen molar-refractivity contribution in [3.8, 4) is 11.5 Å². The van der Waals surface area contributed by atoms with Crippen molar-refractivity contribution in [1.82, 2.24) is 4.90 Å². The van der Waals surface area contributed by atoms with Gasteiger partial charge < -0.3 is 38.2 Å². The van der Waals surface area contributed by atoms with Crippen molar-refractivity contribution in [3.63, 3.8) is 0 Å². The SMILES string of the molecule is CCOC(=O)CC1CCN(C(=O)C[C@H]2O[C@H](c3cccc(OC)c3OC)c3cc(Cl)ccc3N(CC3(C)COC(C)(C)OC3)C2=O)CC1. The van der Waals surface area contributed by atoms with Gasteiger partial charge in [-0.25, -0.2) is 0 Å². The molecule has 0 unspecified atom stereocenters. The molecule has 48 heavy (non-hydrogen) atoms. The van der Waals surface area contributed by atoms with E-state index in [2.05, 4.69) is 0 Å². The van der Waals surface area contributed by atoms with Gasteiger partial charge in [0.2, 0.25) is 5.91 Å². The number of methoxy groups -OCH3 is 2. The third-order valence-corrected chi connectivity index (χ3v) is 9.52. The van der Waals surface area contributed by atoms with E-state index in [1.54, 1.807) is 49.1 Å². The summed E-state index contributed by atoms with van der Waals surface area (Å²) in [6, 6.07) is 10.8. The minimum atomic E-state index is -1.13. The van der Waals surface area contributed by atoms with E-state index in [1.165, 1.54) is 0 Å². The van der Waals surface area contributed by atoms with Gasteiger partial charge in [0, 0.05) is 53.3 Å². The van der Waals surface area contributed by atoms with Crippen molar-refractivity contribution in [3.05, 3.63) is 52.5 Å². The number of esters is 1. The number of benzene rings is 2. The van der Waals surface area contributed by atoms with Crippen LogP contribution in [0.3, 0.4) is 0 Å².